The second kappa shape index (κ2) is 5.03. The Morgan fingerprint density at radius 2 is 2.60 bits per heavy atom. The molecule has 1 fully saturated rings. The molecule has 1 aliphatic rings. The third-order valence-corrected chi connectivity index (χ3v) is 3.45. The lowest BCUT2D eigenvalue weighted by Gasteiger charge is -2.09. The van der Waals surface area contributed by atoms with Crippen molar-refractivity contribution >= 4 is 11.3 Å². The van der Waals surface area contributed by atoms with Crippen LogP contribution in [0.1, 0.15) is 16.3 Å². The van der Waals surface area contributed by atoms with Crippen molar-refractivity contribution in [2.45, 2.75) is 32.0 Å². The molecule has 5 heteroatoms. The van der Waals surface area contributed by atoms with E-state index in [4.69, 9.17) is 0 Å². The largest absolute Gasteiger partial charge is 0.392 e. The highest BCUT2D eigenvalue weighted by Crippen LogP contribution is 2.11. The van der Waals surface area contributed by atoms with E-state index in [1.54, 1.807) is 11.3 Å². The first kappa shape index (κ1) is 11.0. The van der Waals surface area contributed by atoms with Gasteiger partial charge in [0.15, 0.2) is 0 Å². The van der Waals surface area contributed by atoms with Crippen molar-refractivity contribution in [3.63, 3.8) is 0 Å². The number of aliphatic hydroxyl groups is 1. The molecule has 1 aromatic rings. The first-order chi connectivity index (χ1) is 7.24. The van der Waals surface area contributed by atoms with Crippen LogP contribution in [-0.2, 0) is 6.54 Å². The van der Waals surface area contributed by atoms with Crippen LogP contribution in [0.25, 0.3) is 0 Å². The highest BCUT2D eigenvalue weighted by atomic mass is 32.1. The van der Waals surface area contributed by atoms with Gasteiger partial charge in [0.25, 0.3) is 0 Å². The Hall–Kier alpha value is -0.490. The van der Waals surface area contributed by atoms with Crippen LogP contribution in [0, 0.1) is 6.92 Å². The third-order valence-electron chi connectivity index (χ3n) is 2.53. The van der Waals surface area contributed by atoms with Gasteiger partial charge < -0.3 is 15.7 Å². The van der Waals surface area contributed by atoms with Gasteiger partial charge in [-0.3, -0.25) is 0 Å². The molecule has 0 bridgehead atoms. The maximum absolute atomic E-state index is 9.32. The van der Waals surface area contributed by atoms with Gasteiger partial charge in [-0.15, -0.1) is 11.3 Å². The highest BCUT2D eigenvalue weighted by molar-refractivity contribution is 7.11. The summed E-state index contributed by atoms with van der Waals surface area (Å²) in [4.78, 5) is 5.53. The summed E-state index contributed by atoms with van der Waals surface area (Å²) in [5.74, 6) is 0. The van der Waals surface area contributed by atoms with Crippen molar-refractivity contribution in [2.24, 2.45) is 0 Å². The van der Waals surface area contributed by atoms with Gasteiger partial charge in [0.05, 0.1) is 6.10 Å². The second-order valence-electron chi connectivity index (χ2n) is 3.99. The summed E-state index contributed by atoms with van der Waals surface area (Å²) in [6.07, 6.45) is 2.59. The third kappa shape index (κ3) is 3.24. The van der Waals surface area contributed by atoms with Gasteiger partial charge >= 0.3 is 0 Å². The van der Waals surface area contributed by atoms with Gasteiger partial charge in [-0.2, -0.15) is 0 Å². The zero-order valence-electron chi connectivity index (χ0n) is 8.86. The molecule has 84 valence electrons. The lowest BCUT2D eigenvalue weighted by atomic mass is 10.2. The number of hydrogen-bond donors (Lipinski definition) is 3. The maximum atomic E-state index is 9.32. The van der Waals surface area contributed by atoms with E-state index in [1.807, 2.05) is 6.20 Å². The zero-order valence-corrected chi connectivity index (χ0v) is 9.68. The van der Waals surface area contributed by atoms with E-state index in [-0.39, 0.29) is 6.10 Å². The van der Waals surface area contributed by atoms with Crippen molar-refractivity contribution in [3.05, 3.63) is 16.1 Å². The molecule has 0 aliphatic carbocycles. The lowest BCUT2D eigenvalue weighted by Crippen LogP contribution is -2.33. The number of aryl methyl sites for hydroxylation is 1. The Balaban J connectivity index is 1.67. The molecule has 1 aromatic heterocycles. The van der Waals surface area contributed by atoms with Crippen LogP contribution in [0.5, 0.6) is 0 Å². The van der Waals surface area contributed by atoms with Crippen molar-refractivity contribution in [2.75, 3.05) is 13.1 Å². The minimum absolute atomic E-state index is 0.168. The van der Waals surface area contributed by atoms with Crippen LogP contribution in [0.3, 0.4) is 0 Å². The minimum atomic E-state index is -0.168. The Labute approximate surface area is 93.7 Å². The SMILES string of the molecule is Cc1cnc(CNCC2CC(O)CN2)s1. The highest BCUT2D eigenvalue weighted by Gasteiger charge is 2.21. The number of rotatable bonds is 4. The Kier molecular flexibility index (Phi) is 3.69. The van der Waals surface area contributed by atoms with Gasteiger partial charge in [-0.1, -0.05) is 0 Å². The average Bonchev–Trinajstić information content (AvgIpc) is 2.76. The van der Waals surface area contributed by atoms with Gasteiger partial charge in [-0.25, -0.2) is 4.98 Å². The molecule has 15 heavy (non-hydrogen) atoms. The number of thiazole rings is 1. The number of aliphatic hydroxyl groups excluding tert-OH is 1. The molecule has 2 heterocycles. The molecule has 0 saturated carbocycles. The summed E-state index contributed by atoms with van der Waals surface area (Å²) in [5, 5.41) is 17.1. The van der Waals surface area contributed by atoms with Crippen LogP contribution in [0.15, 0.2) is 6.20 Å². The number of hydrogen-bond acceptors (Lipinski definition) is 5. The van der Waals surface area contributed by atoms with Crippen molar-refractivity contribution < 1.29 is 5.11 Å². The summed E-state index contributed by atoms with van der Waals surface area (Å²) in [7, 11) is 0. The maximum Gasteiger partial charge on any atom is 0.107 e. The van der Waals surface area contributed by atoms with Crippen molar-refractivity contribution in [1.82, 2.24) is 15.6 Å². The fourth-order valence-corrected chi connectivity index (χ4v) is 2.55. The predicted molar refractivity (Wildman–Crippen MR) is 61.0 cm³/mol. The normalized spacial score (nSPS) is 26.0. The minimum Gasteiger partial charge on any atom is -0.392 e. The van der Waals surface area contributed by atoms with E-state index >= 15 is 0 Å². The number of β-amino-alcohol motifs (C(OH)–C–C–N with tert-alkyl or cyclic N) is 1. The molecule has 2 unspecified atom stereocenters. The first-order valence-corrected chi connectivity index (χ1v) is 6.09. The molecule has 0 radical (unpaired) electrons. The first-order valence-electron chi connectivity index (χ1n) is 5.27. The fraction of sp³-hybridized carbons (Fsp3) is 0.700. The molecule has 2 atom stereocenters. The number of nitrogens with zero attached hydrogens (tertiary/aromatic N) is 1. The standard InChI is InChI=1S/C10H17N3OS/c1-7-3-13-10(15-7)6-11-4-8-2-9(14)5-12-8/h3,8-9,11-12,14H,2,4-6H2,1H3. The Morgan fingerprint density at radius 1 is 1.73 bits per heavy atom. The van der Waals surface area contributed by atoms with Gasteiger partial charge in [0.2, 0.25) is 0 Å². The average molecular weight is 227 g/mol. The molecule has 1 aliphatic heterocycles. The van der Waals surface area contributed by atoms with Gasteiger partial charge in [0, 0.05) is 36.8 Å². The van der Waals surface area contributed by atoms with E-state index in [9.17, 15) is 5.11 Å². The molecular weight excluding hydrogens is 210 g/mol. The monoisotopic (exact) mass is 227 g/mol. The molecule has 3 N–H and O–H groups in total. The number of nitrogens with one attached hydrogen (secondary N) is 2. The van der Waals surface area contributed by atoms with Gasteiger partial charge in [0.1, 0.15) is 5.01 Å². The Bertz CT molecular complexity index is 315. The number of aromatic nitrogens is 1. The molecular formula is C10H17N3OS. The van der Waals surface area contributed by atoms with Crippen molar-refractivity contribution in [1.29, 1.82) is 0 Å². The van der Waals surface area contributed by atoms with Crippen molar-refractivity contribution in [3.8, 4) is 0 Å². The van der Waals surface area contributed by atoms with E-state index in [2.05, 4.69) is 22.5 Å². The molecule has 0 aromatic carbocycles. The van der Waals surface area contributed by atoms with E-state index < -0.39 is 0 Å². The summed E-state index contributed by atoms with van der Waals surface area (Å²) in [6, 6.07) is 0.404. The fourth-order valence-electron chi connectivity index (χ4n) is 1.79. The van der Waals surface area contributed by atoms with Crippen LogP contribution in [-0.4, -0.2) is 35.3 Å². The van der Waals surface area contributed by atoms with Gasteiger partial charge in [-0.05, 0) is 13.3 Å². The van der Waals surface area contributed by atoms with Crippen LogP contribution in [0.2, 0.25) is 0 Å². The van der Waals surface area contributed by atoms with Crippen LogP contribution in [0.4, 0.5) is 0 Å². The molecule has 0 amide bonds. The second-order valence-corrected chi connectivity index (χ2v) is 5.31. The molecule has 2 rings (SSSR count). The molecule has 1 saturated heterocycles. The quantitative estimate of drug-likeness (QED) is 0.691. The predicted octanol–water partition coefficient (Wildman–Crippen LogP) is 0.264. The smallest absolute Gasteiger partial charge is 0.107 e. The summed E-state index contributed by atoms with van der Waals surface area (Å²) < 4.78 is 0. The topological polar surface area (TPSA) is 57.2 Å². The molecule has 0 spiro atoms. The zero-order chi connectivity index (χ0) is 10.7. The summed E-state index contributed by atoms with van der Waals surface area (Å²) in [5.41, 5.74) is 0. The van der Waals surface area contributed by atoms with E-state index in [0.717, 1.165) is 31.1 Å². The van der Waals surface area contributed by atoms with E-state index in [1.165, 1.54) is 4.88 Å². The Morgan fingerprint density at radius 3 is 3.20 bits per heavy atom. The van der Waals surface area contributed by atoms with Crippen LogP contribution < -0.4 is 10.6 Å². The summed E-state index contributed by atoms with van der Waals surface area (Å²) >= 11 is 1.73. The van der Waals surface area contributed by atoms with E-state index in [0.29, 0.717) is 6.04 Å². The molecule has 4 nitrogen and oxygen atoms in total. The lowest BCUT2D eigenvalue weighted by molar-refractivity contribution is 0.193. The summed E-state index contributed by atoms with van der Waals surface area (Å²) in [6.45, 7) is 4.52. The van der Waals surface area contributed by atoms with Crippen LogP contribution >= 0.6 is 11.3 Å².